The zero-order valence-electron chi connectivity index (χ0n) is 19.2. The van der Waals surface area contributed by atoms with Gasteiger partial charge in [-0.05, 0) is 61.0 Å². The molecule has 2 heterocycles. The molecule has 34 heavy (non-hydrogen) atoms. The lowest BCUT2D eigenvalue weighted by Gasteiger charge is -2.32. The first-order valence-corrected chi connectivity index (χ1v) is 12.4. The predicted molar refractivity (Wildman–Crippen MR) is 132 cm³/mol. The van der Waals surface area contributed by atoms with Gasteiger partial charge in [-0.1, -0.05) is 37.5 Å². The third-order valence-electron chi connectivity index (χ3n) is 5.96. The summed E-state index contributed by atoms with van der Waals surface area (Å²) in [7, 11) is 0. The van der Waals surface area contributed by atoms with E-state index in [1.807, 2.05) is 25.1 Å². The topological polar surface area (TPSA) is 91.7 Å². The van der Waals surface area contributed by atoms with Crippen LogP contribution in [0.25, 0.3) is 0 Å². The van der Waals surface area contributed by atoms with Crippen LogP contribution in [0.3, 0.4) is 0 Å². The highest BCUT2D eigenvalue weighted by Gasteiger charge is 2.36. The van der Waals surface area contributed by atoms with Crippen LogP contribution < -0.4 is 15.5 Å². The summed E-state index contributed by atoms with van der Waals surface area (Å²) in [6.45, 7) is 1.67. The molecule has 1 saturated carbocycles. The van der Waals surface area contributed by atoms with Gasteiger partial charge in [0, 0.05) is 11.7 Å². The summed E-state index contributed by atoms with van der Waals surface area (Å²) in [5, 5.41) is 7.63. The number of nitrogens with zero attached hydrogens (tertiary/aromatic N) is 1. The van der Waals surface area contributed by atoms with E-state index in [1.54, 1.807) is 35.7 Å². The zero-order chi connectivity index (χ0) is 23.9. The number of amides is 3. The summed E-state index contributed by atoms with van der Waals surface area (Å²) >= 11 is 1.30. The Balaban J connectivity index is 1.63. The molecule has 0 saturated heterocycles. The first kappa shape index (κ1) is 23.8. The Bertz CT molecular complexity index is 1110. The molecule has 4 rings (SSSR count). The van der Waals surface area contributed by atoms with E-state index in [0.29, 0.717) is 16.3 Å². The van der Waals surface area contributed by atoms with Crippen molar-refractivity contribution in [1.82, 2.24) is 10.6 Å². The Hall–Kier alpha value is -3.39. The van der Waals surface area contributed by atoms with Gasteiger partial charge in [-0.3, -0.25) is 19.3 Å². The van der Waals surface area contributed by atoms with Crippen LogP contribution in [0.15, 0.2) is 64.6 Å². The molecule has 1 atom stereocenters. The summed E-state index contributed by atoms with van der Waals surface area (Å²) in [5.74, 6) is -0.654. The highest BCUT2D eigenvalue weighted by molar-refractivity contribution is 7.12. The van der Waals surface area contributed by atoms with Crippen molar-refractivity contribution in [2.75, 3.05) is 11.4 Å². The average molecular weight is 480 g/mol. The minimum absolute atomic E-state index is 0.0757. The molecule has 0 bridgehead atoms. The quantitative estimate of drug-likeness (QED) is 0.494. The van der Waals surface area contributed by atoms with Crippen molar-refractivity contribution < 1.29 is 18.8 Å². The van der Waals surface area contributed by atoms with E-state index < -0.39 is 11.9 Å². The molecule has 1 aliphatic carbocycles. The summed E-state index contributed by atoms with van der Waals surface area (Å²) in [4.78, 5) is 41.5. The van der Waals surface area contributed by atoms with Crippen LogP contribution in [0.5, 0.6) is 0 Å². The second kappa shape index (κ2) is 11.2. The first-order valence-electron chi connectivity index (χ1n) is 11.6. The third-order valence-corrected chi connectivity index (χ3v) is 6.83. The minimum atomic E-state index is -0.995. The summed E-state index contributed by atoms with van der Waals surface area (Å²) in [6, 6.07) is 13.4. The average Bonchev–Trinajstić information content (AvgIpc) is 3.56. The van der Waals surface area contributed by atoms with Crippen molar-refractivity contribution >= 4 is 34.7 Å². The Morgan fingerprint density at radius 1 is 1.09 bits per heavy atom. The van der Waals surface area contributed by atoms with Crippen LogP contribution in [-0.4, -0.2) is 30.3 Å². The lowest BCUT2D eigenvalue weighted by atomic mass is 9.95. The molecule has 1 aliphatic rings. The van der Waals surface area contributed by atoms with Crippen LogP contribution >= 0.6 is 11.3 Å². The van der Waals surface area contributed by atoms with Crippen molar-refractivity contribution in [2.24, 2.45) is 0 Å². The van der Waals surface area contributed by atoms with E-state index in [9.17, 15) is 14.4 Å². The maximum atomic E-state index is 13.6. The van der Waals surface area contributed by atoms with Gasteiger partial charge >= 0.3 is 0 Å². The fraction of sp³-hybridized carbons (Fsp3) is 0.346. The van der Waals surface area contributed by atoms with E-state index in [4.69, 9.17) is 4.42 Å². The molecular weight excluding hydrogens is 450 g/mol. The van der Waals surface area contributed by atoms with Crippen LogP contribution in [0.2, 0.25) is 0 Å². The molecule has 3 amide bonds. The Morgan fingerprint density at radius 3 is 2.59 bits per heavy atom. The second-order valence-corrected chi connectivity index (χ2v) is 9.47. The second-order valence-electron chi connectivity index (χ2n) is 8.52. The summed E-state index contributed by atoms with van der Waals surface area (Å²) < 4.78 is 5.63. The van der Waals surface area contributed by atoms with Crippen LogP contribution in [0.4, 0.5) is 5.69 Å². The number of anilines is 1. The number of carbonyl (C=O) groups excluding carboxylic acids is 3. The number of carbonyl (C=O) groups is 3. The zero-order valence-corrected chi connectivity index (χ0v) is 20.0. The van der Waals surface area contributed by atoms with E-state index in [1.165, 1.54) is 28.9 Å². The van der Waals surface area contributed by atoms with Crippen molar-refractivity contribution in [2.45, 2.75) is 51.1 Å². The molecule has 0 aliphatic heterocycles. The lowest BCUT2D eigenvalue weighted by molar-refractivity contribution is -0.127. The molecule has 0 unspecified atom stereocenters. The minimum Gasteiger partial charge on any atom is -0.467 e. The number of nitrogens with one attached hydrogen (secondary N) is 2. The standard InChI is InChI=1S/C26H29N3O4S/c1-18-8-5-11-20(16-18)29(23(30)17-27-25(31)22-13-7-15-34-22)24(21-12-6-14-33-21)26(32)28-19-9-3-2-4-10-19/h5-8,11-16,19,24H,2-4,9-10,17H2,1H3,(H,27,31)(H,28,32)/t24-/m0/s1. The Kier molecular flexibility index (Phi) is 7.80. The van der Waals surface area contributed by atoms with E-state index in [2.05, 4.69) is 10.6 Å². The molecule has 1 fully saturated rings. The molecule has 8 heteroatoms. The molecule has 1 aromatic carbocycles. The van der Waals surface area contributed by atoms with Gasteiger partial charge in [-0.25, -0.2) is 0 Å². The van der Waals surface area contributed by atoms with Gasteiger partial charge in [0.25, 0.3) is 11.8 Å². The van der Waals surface area contributed by atoms with E-state index in [-0.39, 0.29) is 24.4 Å². The number of rotatable bonds is 8. The van der Waals surface area contributed by atoms with Gasteiger partial charge in [0.15, 0.2) is 6.04 Å². The van der Waals surface area contributed by atoms with Gasteiger partial charge in [0.1, 0.15) is 5.76 Å². The maximum Gasteiger partial charge on any atom is 0.261 e. The maximum absolute atomic E-state index is 13.6. The number of hydrogen-bond donors (Lipinski definition) is 2. The lowest BCUT2D eigenvalue weighted by Crippen LogP contribution is -2.49. The number of benzene rings is 1. The van der Waals surface area contributed by atoms with Crippen LogP contribution in [0, 0.1) is 6.92 Å². The van der Waals surface area contributed by atoms with Crippen molar-refractivity contribution in [3.05, 3.63) is 76.4 Å². The molecule has 2 aromatic heterocycles. The number of aryl methyl sites for hydroxylation is 1. The van der Waals surface area contributed by atoms with Gasteiger partial charge in [-0.2, -0.15) is 0 Å². The number of furan rings is 1. The number of thiophene rings is 1. The van der Waals surface area contributed by atoms with Crippen molar-refractivity contribution in [3.63, 3.8) is 0 Å². The molecule has 0 radical (unpaired) electrons. The fourth-order valence-electron chi connectivity index (χ4n) is 4.30. The molecule has 3 aromatic rings. The molecule has 2 N–H and O–H groups in total. The van der Waals surface area contributed by atoms with Gasteiger partial charge in [0.2, 0.25) is 5.91 Å². The van der Waals surface area contributed by atoms with E-state index >= 15 is 0 Å². The Labute approximate surface area is 203 Å². The van der Waals surface area contributed by atoms with Gasteiger partial charge in [0.05, 0.1) is 17.7 Å². The van der Waals surface area contributed by atoms with Crippen LogP contribution in [0.1, 0.15) is 59.1 Å². The molecular formula is C26H29N3O4S. The van der Waals surface area contributed by atoms with Gasteiger partial charge in [-0.15, -0.1) is 11.3 Å². The summed E-state index contributed by atoms with van der Waals surface area (Å²) in [5.41, 5.74) is 1.51. The van der Waals surface area contributed by atoms with Gasteiger partial charge < -0.3 is 15.1 Å². The molecule has 0 spiro atoms. The SMILES string of the molecule is Cc1cccc(N(C(=O)CNC(=O)c2cccs2)[C@H](C(=O)NC2CCCCC2)c2ccco2)c1. The largest absolute Gasteiger partial charge is 0.467 e. The number of hydrogen-bond acceptors (Lipinski definition) is 5. The predicted octanol–water partition coefficient (Wildman–Crippen LogP) is 4.60. The molecule has 178 valence electrons. The summed E-state index contributed by atoms with van der Waals surface area (Å²) in [6.07, 6.45) is 6.66. The van der Waals surface area contributed by atoms with E-state index in [0.717, 1.165) is 31.2 Å². The third kappa shape index (κ3) is 5.75. The van der Waals surface area contributed by atoms with Crippen molar-refractivity contribution in [3.8, 4) is 0 Å². The first-order chi connectivity index (χ1) is 16.5. The molecule has 7 nitrogen and oxygen atoms in total. The highest BCUT2D eigenvalue weighted by Crippen LogP contribution is 2.30. The van der Waals surface area contributed by atoms with Crippen molar-refractivity contribution in [1.29, 1.82) is 0 Å². The Morgan fingerprint density at radius 2 is 1.91 bits per heavy atom. The van der Waals surface area contributed by atoms with Crippen LogP contribution in [-0.2, 0) is 9.59 Å². The fourth-order valence-corrected chi connectivity index (χ4v) is 4.94. The monoisotopic (exact) mass is 479 g/mol. The smallest absolute Gasteiger partial charge is 0.261 e. The highest BCUT2D eigenvalue weighted by atomic mass is 32.1. The normalized spacial score (nSPS) is 14.9.